The summed E-state index contributed by atoms with van der Waals surface area (Å²) in [5.41, 5.74) is 2.12. The molecule has 46 heavy (non-hydrogen) atoms. The van der Waals surface area contributed by atoms with Crippen molar-refractivity contribution in [1.82, 2.24) is 0 Å². The highest BCUT2D eigenvalue weighted by Gasteiger charge is 2.27. The Labute approximate surface area is 291 Å². The van der Waals surface area contributed by atoms with Crippen LogP contribution in [0.2, 0.25) is 0 Å². The molecule has 0 saturated heterocycles. The van der Waals surface area contributed by atoms with Crippen LogP contribution in [0.3, 0.4) is 0 Å². The topological polar surface area (TPSA) is 0 Å². The Morgan fingerprint density at radius 2 is 0.848 bits per heavy atom. The van der Waals surface area contributed by atoms with Crippen LogP contribution in [0, 0.1) is 5.41 Å². The quantitative estimate of drug-likeness (QED) is 0.0546. The minimum Gasteiger partial charge on any atom is -0.0885 e. The van der Waals surface area contributed by atoms with Crippen molar-refractivity contribution >= 4 is 0 Å². The van der Waals surface area contributed by atoms with Crippen molar-refractivity contribution in [3.05, 3.63) is 60.2 Å². The molecule has 0 aromatic heterocycles. The van der Waals surface area contributed by atoms with Crippen molar-refractivity contribution in [2.75, 3.05) is 0 Å². The van der Waals surface area contributed by atoms with E-state index in [1.165, 1.54) is 185 Å². The molecule has 1 aromatic carbocycles. The van der Waals surface area contributed by atoms with E-state index >= 15 is 0 Å². The molecule has 0 spiro atoms. The van der Waals surface area contributed by atoms with Gasteiger partial charge in [0.05, 0.1) is 0 Å². The monoisotopic (exact) mass is 635 g/mol. The van der Waals surface area contributed by atoms with E-state index in [2.05, 4.69) is 89.3 Å². The molecular weight excluding hydrogens is 553 g/mol. The Morgan fingerprint density at radius 3 is 1.33 bits per heavy atom. The normalized spacial score (nSPS) is 13.7. The Morgan fingerprint density at radius 1 is 0.435 bits per heavy atom. The average molecular weight is 635 g/mol. The van der Waals surface area contributed by atoms with Gasteiger partial charge in [-0.2, -0.15) is 0 Å². The zero-order chi connectivity index (χ0) is 33.4. The molecule has 0 bridgehead atoms. The van der Waals surface area contributed by atoms with Gasteiger partial charge in [-0.1, -0.05) is 231 Å². The summed E-state index contributed by atoms with van der Waals surface area (Å²) in [5.74, 6) is 0. The maximum absolute atomic E-state index is 2.65. The molecule has 0 heterocycles. The molecule has 1 atom stereocenters. The zero-order valence-electron chi connectivity index (χ0n) is 32.2. The standard InChI is InChI=1S/C46H82/c1-6-8-10-12-14-16-17-18-19-20-21-22-24-26-28-36-42-46(44-38-32-31-33-39-44,43-37-30-29-34-40-45(3,4)5)41-35-27-25-23-15-13-11-9-7-2/h27,31-33,35-36,38-39,42H,6-26,28-30,34,37,40-41,43H2,1-5H3. The summed E-state index contributed by atoms with van der Waals surface area (Å²) in [6.45, 7) is 11.8. The first-order valence-corrected chi connectivity index (χ1v) is 20.8. The summed E-state index contributed by atoms with van der Waals surface area (Å²) in [6, 6.07) is 11.5. The van der Waals surface area contributed by atoms with E-state index in [1.54, 1.807) is 0 Å². The van der Waals surface area contributed by atoms with Crippen LogP contribution in [0.15, 0.2) is 54.6 Å². The highest BCUT2D eigenvalue weighted by molar-refractivity contribution is 5.32. The molecule has 0 N–H and O–H groups in total. The zero-order valence-corrected chi connectivity index (χ0v) is 32.2. The summed E-state index contributed by atoms with van der Waals surface area (Å²) >= 11 is 0. The molecular formula is C46H82. The molecule has 0 aliphatic heterocycles. The first kappa shape index (κ1) is 42.7. The van der Waals surface area contributed by atoms with Gasteiger partial charge in [-0.25, -0.2) is 0 Å². The van der Waals surface area contributed by atoms with Crippen molar-refractivity contribution in [3.8, 4) is 0 Å². The summed E-state index contributed by atoms with van der Waals surface area (Å²) in [6.07, 6.45) is 50.3. The minimum atomic E-state index is 0.138. The second kappa shape index (κ2) is 29.8. The van der Waals surface area contributed by atoms with Gasteiger partial charge in [0.1, 0.15) is 0 Å². The maximum Gasteiger partial charge on any atom is 0.0166 e. The van der Waals surface area contributed by atoms with Crippen LogP contribution in [0.4, 0.5) is 0 Å². The number of allylic oxidation sites excluding steroid dienone is 4. The molecule has 266 valence electrons. The van der Waals surface area contributed by atoms with Crippen molar-refractivity contribution in [3.63, 3.8) is 0 Å². The number of rotatable bonds is 32. The van der Waals surface area contributed by atoms with Gasteiger partial charge in [0.2, 0.25) is 0 Å². The van der Waals surface area contributed by atoms with Crippen molar-refractivity contribution < 1.29 is 0 Å². The summed E-state index contributed by atoms with van der Waals surface area (Å²) in [4.78, 5) is 0. The number of unbranched alkanes of at least 4 members (excludes halogenated alkanes) is 23. The number of hydrogen-bond donors (Lipinski definition) is 0. The molecule has 0 radical (unpaired) electrons. The predicted octanol–water partition coefficient (Wildman–Crippen LogP) is 16.4. The fourth-order valence-corrected chi connectivity index (χ4v) is 7.05. The molecule has 0 aliphatic carbocycles. The van der Waals surface area contributed by atoms with Gasteiger partial charge in [-0.15, -0.1) is 0 Å². The lowest BCUT2D eigenvalue weighted by atomic mass is 9.73. The Hall–Kier alpha value is -1.30. The van der Waals surface area contributed by atoms with E-state index in [9.17, 15) is 0 Å². The van der Waals surface area contributed by atoms with Crippen molar-refractivity contribution in [1.29, 1.82) is 0 Å². The fraction of sp³-hybridized carbons (Fsp3) is 0.783. The van der Waals surface area contributed by atoms with E-state index < -0.39 is 0 Å². The fourth-order valence-electron chi connectivity index (χ4n) is 7.05. The van der Waals surface area contributed by atoms with Gasteiger partial charge < -0.3 is 0 Å². The Balaban J connectivity index is 2.57. The van der Waals surface area contributed by atoms with Gasteiger partial charge in [0, 0.05) is 5.41 Å². The van der Waals surface area contributed by atoms with Crippen LogP contribution < -0.4 is 0 Å². The molecule has 0 heteroatoms. The molecule has 0 fully saturated rings. The molecule has 1 rings (SSSR count). The molecule has 1 aromatic rings. The van der Waals surface area contributed by atoms with E-state index in [0.29, 0.717) is 5.41 Å². The molecule has 0 aliphatic rings. The van der Waals surface area contributed by atoms with Crippen LogP contribution >= 0.6 is 0 Å². The summed E-state index contributed by atoms with van der Waals surface area (Å²) < 4.78 is 0. The summed E-state index contributed by atoms with van der Waals surface area (Å²) in [5, 5.41) is 0. The lowest BCUT2D eigenvalue weighted by Crippen LogP contribution is -2.23. The van der Waals surface area contributed by atoms with Gasteiger partial charge >= 0.3 is 0 Å². The van der Waals surface area contributed by atoms with Crippen LogP contribution in [0.5, 0.6) is 0 Å². The highest BCUT2D eigenvalue weighted by Crippen LogP contribution is 2.37. The van der Waals surface area contributed by atoms with Crippen LogP contribution in [-0.4, -0.2) is 0 Å². The number of hydrogen-bond acceptors (Lipinski definition) is 0. The van der Waals surface area contributed by atoms with E-state index in [0.717, 1.165) is 6.42 Å². The average Bonchev–Trinajstić information content (AvgIpc) is 3.05. The molecule has 0 saturated carbocycles. The largest absolute Gasteiger partial charge is 0.0885 e. The van der Waals surface area contributed by atoms with Crippen molar-refractivity contribution in [2.45, 2.75) is 226 Å². The van der Waals surface area contributed by atoms with Gasteiger partial charge in [0.15, 0.2) is 0 Å². The third-order valence-electron chi connectivity index (χ3n) is 10.2. The smallest absolute Gasteiger partial charge is 0.0166 e. The third-order valence-corrected chi connectivity index (χ3v) is 10.2. The van der Waals surface area contributed by atoms with Gasteiger partial charge in [-0.05, 0) is 55.9 Å². The summed E-state index contributed by atoms with van der Waals surface area (Å²) in [7, 11) is 0. The van der Waals surface area contributed by atoms with Crippen molar-refractivity contribution in [2.24, 2.45) is 5.41 Å². The highest BCUT2D eigenvalue weighted by atomic mass is 14.3. The van der Waals surface area contributed by atoms with Gasteiger partial charge in [0.25, 0.3) is 0 Å². The van der Waals surface area contributed by atoms with E-state index in [-0.39, 0.29) is 5.41 Å². The lowest BCUT2D eigenvalue weighted by Gasteiger charge is -2.31. The molecule has 0 nitrogen and oxygen atoms in total. The van der Waals surface area contributed by atoms with Gasteiger partial charge in [-0.3, -0.25) is 0 Å². The predicted molar refractivity (Wildman–Crippen MR) is 211 cm³/mol. The second-order valence-corrected chi connectivity index (χ2v) is 16.0. The molecule has 0 amide bonds. The first-order valence-electron chi connectivity index (χ1n) is 20.8. The minimum absolute atomic E-state index is 0.138. The SMILES string of the molecule is CCCCCCCCC=CCC(C=CCCCCCCCCCCCCCCCC)(CCCCCCC(C)(C)C)c1ccccc1. The van der Waals surface area contributed by atoms with Crippen LogP contribution in [0.25, 0.3) is 0 Å². The molecule has 1 unspecified atom stereocenters. The first-order chi connectivity index (χ1) is 22.4. The lowest BCUT2D eigenvalue weighted by molar-refractivity contribution is 0.353. The van der Waals surface area contributed by atoms with Crippen LogP contribution in [-0.2, 0) is 5.41 Å². The van der Waals surface area contributed by atoms with Crippen LogP contribution in [0.1, 0.15) is 226 Å². The maximum atomic E-state index is 2.65. The Kier molecular flexibility index (Phi) is 27.7. The van der Waals surface area contributed by atoms with E-state index in [4.69, 9.17) is 0 Å². The third kappa shape index (κ3) is 24.8. The van der Waals surface area contributed by atoms with E-state index in [1.807, 2.05) is 0 Å². The second-order valence-electron chi connectivity index (χ2n) is 16.0. The Bertz CT molecular complexity index is 808. The number of benzene rings is 1.